The number of carbonyl (C=O) groups excluding carboxylic acids is 1. The number of ether oxygens (including phenoxy) is 1. The molecule has 5 rings (SSSR count). The van der Waals surface area contributed by atoms with Gasteiger partial charge in [0.15, 0.2) is 0 Å². The Labute approximate surface area is 210 Å². The topological polar surface area (TPSA) is 92.3 Å². The number of benzene rings is 2. The predicted octanol–water partition coefficient (Wildman–Crippen LogP) is 4.91. The molecule has 1 amide bonds. The number of anilines is 3. The highest BCUT2D eigenvalue weighted by Crippen LogP contribution is 2.29. The molecular weight excluding hydrogens is 452 g/mol. The fourth-order valence-corrected chi connectivity index (χ4v) is 4.27. The van der Waals surface area contributed by atoms with Gasteiger partial charge in [-0.05, 0) is 73.9 Å². The first-order chi connectivity index (χ1) is 17.5. The zero-order valence-electron chi connectivity index (χ0n) is 20.8. The van der Waals surface area contributed by atoms with E-state index in [0.29, 0.717) is 24.7 Å². The lowest BCUT2D eigenvalue weighted by molar-refractivity contribution is 0.102. The van der Waals surface area contributed by atoms with Crippen LogP contribution in [0, 0.1) is 6.92 Å². The molecule has 0 spiro atoms. The van der Waals surface area contributed by atoms with E-state index in [4.69, 9.17) is 4.74 Å². The number of hydrogen-bond acceptors (Lipinski definition) is 7. The number of amides is 1. The normalized spacial score (nSPS) is 13.7. The van der Waals surface area contributed by atoms with Crippen molar-refractivity contribution in [1.29, 1.82) is 0 Å². The van der Waals surface area contributed by atoms with Crippen LogP contribution >= 0.6 is 0 Å². The van der Waals surface area contributed by atoms with Crippen LogP contribution in [0.4, 0.5) is 17.5 Å². The fourth-order valence-electron chi connectivity index (χ4n) is 4.27. The Balaban J connectivity index is 1.37. The van der Waals surface area contributed by atoms with E-state index in [9.17, 15) is 4.79 Å². The molecule has 184 valence electrons. The average Bonchev–Trinajstić information content (AvgIpc) is 2.90. The largest absolute Gasteiger partial charge is 0.378 e. The van der Waals surface area contributed by atoms with Crippen LogP contribution in [0.25, 0.3) is 22.0 Å². The number of hydrogen-bond donors (Lipinski definition) is 2. The molecule has 0 radical (unpaired) electrons. The van der Waals surface area contributed by atoms with Gasteiger partial charge in [-0.1, -0.05) is 12.1 Å². The summed E-state index contributed by atoms with van der Waals surface area (Å²) in [7, 11) is 0. The van der Waals surface area contributed by atoms with Gasteiger partial charge in [-0.15, -0.1) is 0 Å². The van der Waals surface area contributed by atoms with E-state index in [1.54, 1.807) is 12.3 Å². The second-order valence-corrected chi connectivity index (χ2v) is 9.25. The van der Waals surface area contributed by atoms with E-state index in [1.807, 2.05) is 36.5 Å². The Morgan fingerprint density at radius 3 is 2.67 bits per heavy atom. The molecule has 0 aliphatic carbocycles. The summed E-state index contributed by atoms with van der Waals surface area (Å²) in [5, 5.41) is 7.25. The minimum atomic E-state index is -0.168. The Morgan fingerprint density at radius 2 is 1.86 bits per heavy atom. The van der Waals surface area contributed by atoms with Gasteiger partial charge in [-0.3, -0.25) is 4.79 Å². The van der Waals surface area contributed by atoms with Crippen LogP contribution < -0.4 is 15.5 Å². The molecule has 3 heterocycles. The second-order valence-electron chi connectivity index (χ2n) is 9.25. The Morgan fingerprint density at radius 1 is 1.03 bits per heavy atom. The van der Waals surface area contributed by atoms with E-state index >= 15 is 0 Å². The van der Waals surface area contributed by atoms with Crippen LogP contribution in [0.15, 0.2) is 60.9 Å². The van der Waals surface area contributed by atoms with E-state index in [0.717, 1.165) is 52.2 Å². The third-order valence-electron chi connectivity index (χ3n) is 6.15. The van der Waals surface area contributed by atoms with Crippen LogP contribution in [-0.4, -0.2) is 53.2 Å². The average molecular weight is 483 g/mol. The molecule has 0 atom stereocenters. The van der Waals surface area contributed by atoms with Crippen LogP contribution in [0.1, 0.15) is 29.8 Å². The van der Waals surface area contributed by atoms with Crippen LogP contribution in [0.2, 0.25) is 0 Å². The summed E-state index contributed by atoms with van der Waals surface area (Å²) >= 11 is 0. The van der Waals surface area contributed by atoms with Crippen molar-refractivity contribution in [2.45, 2.75) is 26.8 Å². The van der Waals surface area contributed by atoms with Crippen molar-refractivity contribution < 1.29 is 9.53 Å². The lowest BCUT2D eigenvalue weighted by Gasteiger charge is -2.27. The number of rotatable bonds is 6. The highest BCUT2D eigenvalue weighted by atomic mass is 16.5. The fraction of sp³-hybridized carbons (Fsp3) is 0.286. The number of aryl methyl sites for hydroxylation is 1. The van der Waals surface area contributed by atoms with Crippen LogP contribution in [0.3, 0.4) is 0 Å². The van der Waals surface area contributed by atoms with E-state index < -0.39 is 0 Å². The van der Waals surface area contributed by atoms with Crippen molar-refractivity contribution in [3.8, 4) is 11.1 Å². The summed E-state index contributed by atoms with van der Waals surface area (Å²) in [4.78, 5) is 28.7. The summed E-state index contributed by atoms with van der Waals surface area (Å²) in [6.45, 7) is 9.06. The monoisotopic (exact) mass is 482 g/mol. The highest BCUT2D eigenvalue weighted by molar-refractivity contribution is 6.05. The zero-order valence-corrected chi connectivity index (χ0v) is 20.8. The molecule has 0 saturated carbocycles. The third-order valence-corrected chi connectivity index (χ3v) is 6.15. The summed E-state index contributed by atoms with van der Waals surface area (Å²) in [5.41, 5.74) is 5.39. The molecule has 8 heteroatoms. The van der Waals surface area contributed by atoms with Gasteiger partial charge < -0.3 is 20.3 Å². The SMILES string of the molecule is Cc1ccc(NC(=O)c2ccnc(N3CCOCC3)c2)cc1-c1ccc2nc(NC(C)C)ncc2c1. The molecule has 0 unspecified atom stereocenters. The highest BCUT2D eigenvalue weighted by Gasteiger charge is 2.15. The van der Waals surface area contributed by atoms with Crippen molar-refractivity contribution >= 4 is 34.3 Å². The summed E-state index contributed by atoms with van der Waals surface area (Å²) in [5.74, 6) is 1.25. The summed E-state index contributed by atoms with van der Waals surface area (Å²) in [6, 6.07) is 15.9. The van der Waals surface area contributed by atoms with Gasteiger partial charge in [0, 0.05) is 48.2 Å². The number of nitrogens with one attached hydrogen (secondary N) is 2. The van der Waals surface area contributed by atoms with Gasteiger partial charge in [0.05, 0.1) is 18.7 Å². The molecule has 1 fully saturated rings. The summed E-state index contributed by atoms with van der Waals surface area (Å²) < 4.78 is 5.42. The van der Waals surface area contributed by atoms with E-state index in [-0.39, 0.29) is 11.9 Å². The van der Waals surface area contributed by atoms with Gasteiger partial charge in [-0.2, -0.15) is 0 Å². The Kier molecular flexibility index (Phi) is 6.77. The molecule has 2 aromatic carbocycles. The molecule has 36 heavy (non-hydrogen) atoms. The van der Waals surface area contributed by atoms with Crippen molar-refractivity contribution in [2.24, 2.45) is 0 Å². The molecule has 0 bridgehead atoms. The first kappa shape index (κ1) is 23.7. The van der Waals surface area contributed by atoms with E-state index in [2.05, 4.69) is 63.4 Å². The van der Waals surface area contributed by atoms with Gasteiger partial charge in [0.25, 0.3) is 5.91 Å². The van der Waals surface area contributed by atoms with E-state index in [1.165, 1.54) is 0 Å². The molecule has 1 aliphatic rings. The minimum absolute atomic E-state index is 0.168. The van der Waals surface area contributed by atoms with Gasteiger partial charge in [-0.25, -0.2) is 15.0 Å². The first-order valence-electron chi connectivity index (χ1n) is 12.2. The molecule has 1 aliphatic heterocycles. The first-order valence-corrected chi connectivity index (χ1v) is 12.2. The maximum absolute atomic E-state index is 13.1. The number of nitrogens with zero attached hydrogens (tertiary/aromatic N) is 4. The molecule has 4 aromatic rings. The minimum Gasteiger partial charge on any atom is -0.378 e. The maximum Gasteiger partial charge on any atom is 0.255 e. The lowest BCUT2D eigenvalue weighted by Crippen LogP contribution is -2.36. The zero-order chi connectivity index (χ0) is 25.1. The Hall–Kier alpha value is -4.04. The molecular formula is C28H30N6O2. The van der Waals surface area contributed by atoms with Gasteiger partial charge in [0.2, 0.25) is 5.95 Å². The van der Waals surface area contributed by atoms with Gasteiger partial charge in [0.1, 0.15) is 5.82 Å². The number of fused-ring (bicyclic) bond motifs is 1. The quantitative estimate of drug-likeness (QED) is 0.403. The van der Waals surface area contributed by atoms with Gasteiger partial charge >= 0.3 is 0 Å². The summed E-state index contributed by atoms with van der Waals surface area (Å²) in [6.07, 6.45) is 3.52. The van der Waals surface area contributed by atoms with Crippen molar-refractivity contribution in [1.82, 2.24) is 15.0 Å². The number of morpholine rings is 1. The predicted molar refractivity (Wildman–Crippen MR) is 144 cm³/mol. The Bertz CT molecular complexity index is 1400. The van der Waals surface area contributed by atoms with Crippen LogP contribution in [-0.2, 0) is 4.74 Å². The van der Waals surface area contributed by atoms with Crippen molar-refractivity contribution in [3.05, 3.63) is 72.1 Å². The molecule has 2 N–H and O–H groups in total. The molecule has 8 nitrogen and oxygen atoms in total. The van der Waals surface area contributed by atoms with Crippen molar-refractivity contribution in [3.63, 3.8) is 0 Å². The number of pyridine rings is 1. The van der Waals surface area contributed by atoms with Crippen molar-refractivity contribution in [2.75, 3.05) is 41.8 Å². The number of aromatic nitrogens is 3. The second kappa shape index (κ2) is 10.3. The smallest absolute Gasteiger partial charge is 0.255 e. The third kappa shape index (κ3) is 5.28. The lowest BCUT2D eigenvalue weighted by atomic mass is 9.98. The maximum atomic E-state index is 13.1. The molecule has 1 saturated heterocycles. The van der Waals surface area contributed by atoms with Crippen LogP contribution in [0.5, 0.6) is 0 Å². The number of carbonyl (C=O) groups is 1. The molecule has 2 aromatic heterocycles. The standard InChI is InChI=1S/C28H30N6O2/c1-18(2)31-28-30-17-22-14-20(5-7-25(22)33-28)24-16-23(6-4-19(24)3)32-27(35)21-8-9-29-26(15-21)34-10-12-36-13-11-34/h4-9,14-18H,10-13H2,1-3H3,(H,32,35)(H,30,31,33).